The highest BCUT2D eigenvalue weighted by atomic mass is 16.5. The molecule has 1 unspecified atom stereocenters. The van der Waals surface area contributed by atoms with E-state index >= 15 is 0 Å². The molecule has 0 rings (SSSR count). The predicted molar refractivity (Wildman–Crippen MR) is 77.4 cm³/mol. The minimum absolute atomic E-state index is 0.00838. The molecule has 102 valence electrons. The molecule has 0 spiro atoms. The average molecular weight is 240 g/mol. The molecule has 0 fully saturated rings. The highest BCUT2D eigenvalue weighted by Crippen LogP contribution is 2.17. The fourth-order valence-corrected chi connectivity index (χ4v) is 1.79. The van der Waals surface area contributed by atoms with Crippen molar-refractivity contribution in [2.24, 2.45) is 5.41 Å². The van der Waals surface area contributed by atoms with Crippen molar-refractivity contribution >= 4 is 0 Å². The first-order valence-corrected chi connectivity index (χ1v) is 6.96. The van der Waals surface area contributed by atoms with Gasteiger partial charge in [0.05, 0.1) is 11.7 Å². The van der Waals surface area contributed by atoms with Crippen molar-refractivity contribution < 1.29 is 4.74 Å². The molecular weight excluding hydrogens is 208 g/mol. The molecule has 1 nitrogen and oxygen atoms in total. The summed E-state index contributed by atoms with van der Waals surface area (Å²) in [4.78, 5) is 0. The van der Waals surface area contributed by atoms with E-state index in [0.29, 0.717) is 11.5 Å². The van der Waals surface area contributed by atoms with Gasteiger partial charge in [0.2, 0.25) is 0 Å². The maximum Gasteiger partial charge on any atom is 0.0602 e. The first-order valence-electron chi connectivity index (χ1n) is 6.96. The second-order valence-corrected chi connectivity index (χ2v) is 7.09. The van der Waals surface area contributed by atoms with Crippen molar-refractivity contribution in [3.05, 3.63) is 12.2 Å². The Morgan fingerprint density at radius 1 is 1.00 bits per heavy atom. The summed E-state index contributed by atoms with van der Waals surface area (Å²) < 4.78 is 5.88. The van der Waals surface area contributed by atoms with Gasteiger partial charge < -0.3 is 4.74 Å². The highest BCUT2D eigenvalue weighted by Gasteiger charge is 2.14. The Labute approximate surface area is 109 Å². The molecular formula is C16H32O. The van der Waals surface area contributed by atoms with E-state index in [1.807, 2.05) is 0 Å². The summed E-state index contributed by atoms with van der Waals surface area (Å²) in [6.07, 6.45) is 9.88. The molecule has 0 heterocycles. The van der Waals surface area contributed by atoms with E-state index in [0.717, 1.165) is 0 Å². The van der Waals surface area contributed by atoms with E-state index in [4.69, 9.17) is 4.74 Å². The Kier molecular flexibility index (Phi) is 7.08. The molecule has 0 saturated heterocycles. The number of unbranched alkanes of at least 4 members (excludes halogenated alkanes) is 2. The predicted octanol–water partition coefficient (Wildman–Crippen LogP) is 5.35. The summed E-state index contributed by atoms with van der Waals surface area (Å²) in [6.45, 7) is 15.3. The van der Waals surface area contributed by atoms with E-state index in [1.165, 1.54) is 25.7 Å². The van der Waals surface area contributed by atoms with Crippen LogP contribution >= 0.6 is 0 Å². The van der Waals surface area contributed by atoms with Crippen LogP contribution in [0.1, 0.15) is 74.1 Å². The minimum atomic E-state index is -0.00838. The van der Waals surface area contributed by atoms with Gasteiger partial charge in [0, 0.05) is 0 Å². The van der Waals surface area contributed by atoms with E-state index < -0.39 is 0 Å². The van der Waals surface area contributed by atoms with Crippen molar-refractivity contribution in [2.75, 3.05) is 0 Å². The monoisotopic (exact) mass is 240 g/mol. The Morgan fingerprint density at radius 2 is 1.59 bits per heavy atom. The Morgan fingerprint density at radius 3 is 2.06 bits per heavy atom. The van der Waals surface area contributed by atoms with Crippen LogP contribution in [0.25, 0.3) is 0 Å². The molecule has 0 bridgehead atoms. The molecule has 0 aliphatic heterocycles. The molecule has 0 aromatic heterocycles. The lowest BCUT2D eigenvalue weighted by Gasteiger charge is -2.25. The van der Waals surface area contributed by atoms with E-state index in [-0.39, 0.29) is 5.60 Å². The van der Waals surface area contributed by atoms with Gasteiger partial charge in [0.25, 0.3) is 0 Å². The van der Waals surface area contributed by atoms with Crippen LogP contribution in [0.15, 0.2) is 12.2 Å². The van der Waals surface area contributed by atoms with Crippen molar-refractivity contribution in [3.63, 3.8) is 0 Å². The van der Waals surface area contributed by atoms with Crippen LogP contribution in [-0.4, -0.2) is 11.7 Å². The summed E-state index contributed by atoms with van der Waals surface area (Å²) in [5.41, 5.74) is 0.314. The highest BCUT2D eigenvalue weighted by molar-refractivity contribution is 4.91. The second-order valence-electron chi connectivity index (χ2n) is 7.09. The van der Waals surface area contributed by atoms with Crippen molar-refractivity contribution in [2.45, 2.75) is 85.9 Å². The molecule has 0 aromatic rings. The molecule has 1 atom stereocenters. The number of allylic oxidation sites excluding steroid dienone is 2. The molecule has 0 amide bonds. The standard InChI is InChI=1S/C16H32O/c1-14(17-16(5,6)7)12-10-8-9-11-13-15(2,3)4/h11,13-14H,8-10,12H2,1-7H3. The smallest absolute Gasteiger partial charge is 0.0602 e. The SMILES string of the molecule is CC(CCCCC=CC(C)(C)C)OC(C)(C)C. The first kappa shape index (κ1) is 16.7. The Balaban J connectivity index is 3.56. The third-order valence-corrected chi connectivity index (χ3v) is 2.40. The summed E-state index contributed by atoms with van der Waals surface area (Å²) >= 11 is 0. The number of ether oxygens (including phenoxy) is 1. The topological polar surface area (TPSA) is 9.23 Å². The lowest BCUT2D eigenvalue weighted by Crippen LogP contribution is -2.25. The third kappa shape index (κ3) is 13.6. The largest absolute Gasteiger partial charge is 0.373 e. The Bertz CT molecular complexity index is 215. The number of rotatable bonds is 6. The van der Waals surface area contributed by atoms with Gasteiger partial charge >= 0.3 is 0 Å². The van der Waals surface area contributed by atoms with Crippen LogP contribution < -0.4 is 0 Å². The summed E-state index contributed by atoms with van der Waals surface area (Å²) in [6, 6.07) is 0. The molecule has 0 aromatic carbocycles. The lowest BCUT2D eigenvalue weighted by molar-refractivity contribution is -0.0548. The summed E-state index contributed by atoms with van der Waals surface area (Å²) in [7, 11) is 0. The average Bonchev–Trinajstić information content (AvgIpc) is 2.06. The van der Waals surface area contributed by atoms with E-state index in [9.17, 15) is 0 Å². The van der Waals surface area contributed by atoms with Gasteiger partial charge in [0.1, 0.15) is 0 Å². The Hall–Kier alpha value is -0.300. The van der Waals surface area contributed by atoms with E-state index in [2.05, 4.69) is 60.6 Å². The summed E-state index contributed by atoms with van der Waals surface area (Å²) in [5, 5.41) is 0. The molecule has 0 radical (unpaired) electrons. The number of hydrogen-bond donors (Lipinski definition) is 0. The molecule has 0 N–H and O–H groups in total. The van der Waals surface area contributed by atoms with Crippen LogP contribution in [0.5, 0.6) is 0 Å². The minimum Gasteiger partial charge on any atom is -0.373 e. The van der Waals surface area contributed by atoms with Crippen LogP contribution in [0.3, 0.4) is 0 Å². The van der Waals surface area contributed by atoms with Gasteiger partial charge in [-0.15, -0.1) is 0 Å². The second kappa shape index (κ2) is 7.20. The van der Waals surface area contributed by atoms with Gasteiger partial charge in [-0.2, -0.15) is 0 Å². The van der Waals surface area contributed by atoms with Gasteiger partial charge in [-0.1, -0.05) is 39.3 Å². The molecule has 0 saturated carbocycles. The fraction of sp³-hybridized carbons (Fsp3) is 0.875. The lowest BCUT2D eigenvalue weighted by atomic mass is 9.95. The van der Waals surface area contributed by atoms with Gasteiger partial charge in [-0.3, -0.25) is 0 Å². The van der Waals surface area contributed by atoms with Crippen molar-refractivity contribution in [3.8, 4) is 0 Å². The van der Waals surface area contributed by atoms with Crippen LogP contribution in [0.4, 0.5) is 0 Å². The molecule has 1 heteroatoms. The van der Waals surface area contributed by atoms with Gasteiger partial charge in [-0.05, 0) is 52.4 Å². The van der Waals surface area contributed by atoms with Crippen molar-refractivity contribution in [1.29, 1.82) is 0 Å². The maximum absolute atomic E-state index is 5.88. The van der Waals surface area contributed by atoms with Gasteiger partial charge in [-0.25, -0.2) is 0 Å². The first-order chi connectivity index (χ1) is 7.60. The summed E-state index contributed by atoms with van der Waals surface area (Å²) in [5.74, 6) is 0. The molecule has 0 aliphatic rings. The van der Waals surface area contributed by atoms with Crippen LogP contribution in [0, 0.1) is 5.41 Å². The molecule has 17 heavy (non-hydrogen) atoms. The maximum atomic E-state index is 5.88. The zero-order chi connectivity index (χ0) is 13.5. The zero-order valence-corrected chi connectivity index (χ0v) is 13.0. The zero-order valence-electron chi connectivity index (χ0n) is 13.0. The van der Waals surface area contributed by atoms with E-state index in [1.54, 1.807) is 0 Å². The fourth-order valence-electron chi connectivity index (χ4n) is 1.79. The van der Waals surface area contributed by atoms with Crippen LogP contribution in [0.2, 0.25) is 0 Å². The number of hydrogen-bond acceptors (Lipinski definition) is 1. The van der Waals surface area contributed by atoms with Crippen molar-refractivity contribution in [1.82, 2.24) is 0 Å². The quantitative estimate of drug-likeness (QED) is 0.449. The third-order valence-electron chi connectivity index (χ3n) is 2.40. The normalized spacial score (nSPS) is 15.5. The molecule has 0 aliphatic carbocycles. The van der Waals surface area contributed by atoms with Crippen LogP contribution in [-0.2, 0) is 4.74 Å². The van der Waals surface area contributed by atoms with Gasteiger partial charge in [0.15, 0.2) is 0 Å².